The monoisotopic (exact) mass is 236 g/mol. The number of carbonyl (C=O) groups excluding carboxylic acids is 1. The molecule has 0 bridgehead atoms. The lowest BCUT2D eigenvalue weighted by Gasteiger charge is -2.32. The van der Waals surface area contributed by atoms with Crippen molar-refractivity contribution < 1.29 is 19.4 Å². The first-order valence-corrected chi connectivity index (χ1v) is 5.68. The highest BCUT2D eigenvalue weighted by Crippen LogP contribution is 2.34. The largest absolute Gasteiger partial charge is 0.504 e. The van der Waals surface area contributed by atoms with E-state index in [1.54, 1.807) is 12.1 Å². The number of phenols is 1. The number of esters is 1. The summed E-state index contributed by atoms with van der Waals surface area (Å²) in [6.07, 6.45) is 2.20. The molecule has 4 nitrogen and oxygen atoms in total. The standard InChI is InChI=1S/C13H16O4/c1-8-5-10(6-8)17-12-4-3-9(7-11(12)14)13(15)16-2/h3-4,7-8,10,14H,5-6H2,1-2H3. The molecule has 4 heteroatoms. The molecule has 1 N–H and O–H groups in total. The third kappa shape index (κ3) is 2.52. The smallest absolute Gasteiger partial charge is 0.337 e. The van der Waals surface area contributed by atoms with E-state index in [1.807, 2.05) is 0 Å². The Kier molecular flexibility index (Phi) is 3.22. The van der Waals surface area contributed by atoms with E-state index in [0.29, 0.717) is 17.2 Å². The maximum absolute atomic E-state index is 11.2. The lowest BCUT2D eigenvalue weighted by Crippen LogP contribution is -2.31. The maximum Gasteiger partial charge on any atom is 0.337 e. The Labute approximate surface area is 100 Å². The summed E-state index contributed by atoms with van der Waals surface area (Å²) in [5.41, 5.74) is 0.319. The molecule has 0 heterocycles. The number of aromatic hydroxyl groups is 1. The predicted molar refractivity (Wildman–Crippen MR) is 62.3 cm³/mol. The molecule has 1 aliphatic rings. The first-order valence-electron chi connectivity index (χ1n) is 5.68. The van der Waals surface area contributed by atoms with Gasteiger partial charge in [-0.05, 0) is 37.0 Å². The number of hydrogen-bond donors (Lipinski definition) is 1. The quantitative estimate of drug-likeness (QED) is 0.818. The Morgan fingerprint density at radius 2 is 2.12 bits per heavy atom. The Morgan fingerprint density at radius 3 is 2.65 bits per heavy atom. The van der Waals surface area contributed by atoms with Crippen molar-refractivity contribution in [2.75, 3.05) is 7.11 Å². The Balaban J connectivity index is 2.06. The zero-order chi connectivity index (χ0) is 12.4. The van der Waals surface area contributed by atoms with Crippen LogP contribution >= 0.6 is 0 Å². The molecular formula is C13H16O4. The SMILES string of the molecule is COC(=O)c1ccc(OC2CC(C)C2)c(O)c1. The number of rotatable bonds is 3. The molecule has 0 amide bonds. The number of benzene rings is 1. The van der Waals surface area contributed by atoms with Crippen molar-refractivity contribution in [3.05, 3.63) is 23.8 Å². The van der Waals surface area contributed by atoms with E-state index < -0.39 is 5.97 Å². The summed E-state index contributed by atoms with van der Waals surface area (Å²) in [6.45, 7) is 2.17. The second-order valence-corrected chi connectivity index (χ2v) is 4.49. The second kappa shape index (κ2) is 4.65. The number of carbonyl (C=O) groups is 1. The van der Waals surface area contributed by atoms with Gasteiger partial charge in [-0.15, -0.1) is 0 Å². The summed E-state index contributed by atoms with van der Waals surface area (Å²) in [5, 5.41) is 9.74. The molecule has 1 fully saturated rings. The fourth-order valence-corrected chi connectivity index (χ4v) is 1.97. The van der Waals surface area contributed by atoms with Crippen molar-refractivity contribution in [3.63, 3.8) is 0 Å². The molecule has 0 radical (unpaired) electrons. The Hall–Kier alpha value is -1.71. The summed E-state index contributed by atoms with van der Waals surface area (Å²) in [5.74, 6) is 0.627. The summed E-state index contributed by atoms with van der Waals surface area (Å²) in [6, 6.07) is 4.55. The first-order chi connectivity index (χ1) is 8.10. The zero-order valence-electron chi connectivity index (χ0n) is 9.97. The van der Waals surface area contributed by atoms with Crippen LogP contribution in [0.1, 0.15) is 30.1 Å². The van der Waals surface area contributed by atoms with E-state index in [9.17, 15) is 9.90 Å². The molecule has 0 saturated heterocycles. The Bertz CT molecular complexity index is 421. The van der Waals surface area contributed by atoms with Gasteiger partial charge in [0.05, 0.1) is 18.8 Å². The van der Waals surface area contributed by atoms with Gasteiger partial charge >= 0.3 is 5.97 Å². The highest BCUT2D eigenvalue weighted by molar-refractivity contribution is 5.90. The molecule has 0 spiro atoms. The van der Waals surface area contributed by atoms with Crippen LogP contribution < -0.4 is 4.74 Å². The number of phenolic OH excluding ortho intramolecular Hbond substituents is 1. The molecule has 1 aliphatic carbocycles. The topological polar surface area (TPSA) is 55.8 Å². The van der Waals surface area contributed by atoms with Crippen LogP contribution in [0.2, 0.25) is 0 Å². The van der Waals surface area contributed by atoms with Crippen LogP contribution in [0.5, 0.6) is 11.5 Å². The second-order valence-electron chi connectivity index (χ2n) is 4.49. The van der Waals surface area contributed by atoms with E-state index >= 15 is 0 Å². The molecule has 92 valence electrons. The predicted octanol–water partition coefficient (Wildman–Crippen LogP) is 2.36. The van der Waals surface area contributed by atoms with Gasteiger partial charge in [-0.3, -0.25) is 0 Å². The summed E-state index contributed by atoms with van der Waals surface area (Å²) < 4.78 is 10.2. The van der Waals surface area contributed by atoms with Crippen molar-refractivity contribution in [1.82, 2.24) is 0 Å². The molecule has 1 aromatic rings. The fraction of sp³-hybridized carbons (Fsp3) is 0.462. The number of ether oxygens (including phenoxy) is 2. The van der Waals surface area contributed by atoms with Crippen LogP contribution in [0, 0.1) is 5.92 Å². The Morgan fingerprint density at radius 1 is 1.41 bits per heavy atom. The van der Waals surface area contributed by atoms with Gasteiger partial charge in [-0.1, -0.05) is 6.92 Å². The molecule has 1 saturated carbocycles. The van der Waals surface area contributed by atoms with E-state index in [1.165, 1.54) is 13.2 Å². The van der Waals surface area contributed by atoms with Crippen LogP contribution in [0.4, 0.5) is 0 Å². The van der Waals surface area contributed by atoms with Crippen LogP contribution in [0.25, 0.3) is 0 Å². The molecule has 0 atom stereocenters. The summed E-state index contributed by atoms with van der Waals surface area (Å²) in [7, 11) is 1.31. The normalized spacial score (nSPS) is 22.7. The lowest BCUT2D eigenvalue weighted by atomic mass is 9.84. The maximum atomic E-state index is 11.2. The van der Waals surface area contributed by atoms with Crippen LogP contribution in [-0.2, 0) is 4.74 Å². The van der Waals surface area contributed by atoms with E-state index in [4.69, 9.17) is 4.74 Å². The van der Waals surface area contributed by atoms with Crippen molar-refractivity contribution in [1.29, 1.82) is 0 Å². The minimum absolute atomic E-state index is 0.0209. The van der Waals surface area contributed by atoms with Crippen molar-refractivity contribution in [3.8, 4) is 11.5 Å². The summed E-state index contributed by atoms with van der Waals surface area (Å²) in [4.78, 5) is 11.2. The highest BCUT2D eigenvalue weighted by Gasteiger charge is 2.27. The fourth-order valence-electron chi connectivity index (χ4n) is 1.97. The molecular weight excluding hydrogens is 220 g/mol. The van der Waals surface area contributed by atoms with Gasteiger partial charge in [-0.2, -0.15) is 0 Å². The third-order valence-electron chi connectivity index (χ3n) is 3.00. The molecule has 1 aromatic carbocycles. The van der Waals surface area contributed by atoms with Crippen molar-refractivity contribution in [2.24, 2.45) is 5.92 Å². The van der Waals surface area contributed by atoms with Gasteiger partial charge < -0.3 is 14.6 Å². The number of methoxy groups -OCH3 is 1. The van der Waals surface area contributed by atoms with Gasteiger partial charge in [-0.25, -0.2) is 4.79 Å². The minimum Gasteiger partial charge on any atom is -0.504 e. The average molecular weight is 236 g/mol. The third-order valence-corrected chi connectivity index (χ3v) is 3.00. The van der Waals surface area contributed by atoms with Crippen molar-refractivity contribution >= 4 is 5.97 Å². The lowest BCUT2D eigenvalue weighted by molar-refractivity contribution is 0.0599. The van der Waals surface area contributed by atoms with Crippen LogP contribution in [0.15, 0.2) is 18.2 Å². The molecule has 2 rings (SSSR count). The molecule has 17 heavy (non-hydrogen) atoms. The van der Waals surface area contributed by atoms with Gasteiger partial charge in [0, 0.05) is 0 Å². The average Bonchev–Trinajstić information content (AvgIpc) is 2.28. The van der Waals surface area contributed by atoms with E-state index in [-0.39, 0.29) is 11.9 Å². The molecule has 0 aliphatic heterocycles. The molecule has 0 unspecified atom stereocenters. The first kappa shape index (κ1) is 11.8. The van der Waals surface area contributed by atoms with E-state index in [2.05, 4.69) is 11.7 Å². The van der Waals surface area contributed by atoms with Gasteiger partial charge in [0.25, 0.3) is 0 Å². The highest BCUT2D eigenvalue weighted by atomic mass is 16.5. The summed E-state index contributed by atoms with van der Waals surface area (Å²) >= 11 is 0. The van der Waals surface area contributed by atoms with Gasteiger partial charge in [0.2, 0.25) is 0 Å². The minimum atomic E-state index is -0.468. The van der Waals surface area contributed by atoms with E-state index in [0.717, 1.165) is 12.8 Å². The van der Waals surface area contributed by atoms with Gasteiger partial charge in [0.1, 0.15) is 0 Å². The molecule has 0 aromatic heterocycles. The van der Waals surface area contributed by atoms with Crippen molar-refractivity contribution in [2.45, 2.75) is 25.9 Å². The van der Waals surface area contributed by atoms with Crippen LogP contribution in [-0.4, -0.2) is 24.3 Å². The number of hydrogen-bond acceptors (Lipinski definition) is 4. The van der Waals surface area contributed by atoms with Gasteiger partial charge in [0.15, 0.2) is 11.5 Å². The zero-order valence-corrected chi connectivity index (χ0v) is 9.97. The van der Waals surface area contributed by atoms with Crippen LogP contribution in [0.3, 0.4) is 0 Å².